The highest BCUT2D eigenvalue weighted by Gasteiger charge is 2.20. The Labute approximate surface area is 110 Å². The molecule has 1 aliphatic rings. The predicted molar refractivity (Wildman–Crippen MR) is 67.8 cm³/mol. The number of rotatable bonds is 4. The Hall–Kier alpha value is -1.73. The van der Waals surface area contributed by atoms with Crippen molar-refractivity contribution in [1.29, 1.82) is 0 Å². The Morgan fingerprint density at radius 3 is 2.74 bits per heavy atom. The summed E-state index contributed by atoms with van der Waals surface area (Å²) < 4.78 is 18.8. The highest BCUT2D eigenvalue weighted by atomic mass is 19.1. The Morgan fingerprint density at radius 2 is 2.16 bits per heavy atom. The molecule has 0 spiro atoms. The number of non-ortho nitro benzene ring substituents is 1. The first-order valence-electron chi connectivity index (χ1n) is 6.05. The van der Waals surface area contributed by atoms with E-state index in [-0.39, 0.29) is 11.4 Å². The van der Waals surface area contributed by atoms with Crippen molar-refractivity contribution in [2.24, 2.45) is 0 Å². The minimum absolute atomic E-state index is 0.0872. The van der Waals surface area contributed by atoms with Gasteiger partial charge in [0.2, 0.25) is 0 Å². The van der Waals surface area contributed by atoms with Crippen LogP contribution >= 0.6 is 0 Å². The maximum Gasteiger partial charge on any atom is 0.272 e. The molecule has 1 aromatic carbocycles. The minimum Gasteiger partial charge on any atom is -0.493 e. The third-order valence-electron chi connectivity index (χ3n) is 3.12. The Morgan fingerprint density at radius 1 is 1.47 bits per heavy atom. The molecule has 0 saturated carbocycles. The van der Waals surface area contributed by atoms with E-state index in [4.69, 9.17) is 4.74 Å². The topological polar surface area (TPSA) is 67.6 Å². The van der Waals surface area contributed by atoms with Crippen LogP contribution in [0.1, 0.15) is 5.56 Å². The number of hydrogen-bond acceptors (Lipinski definition) is 5. The van der Waals surface area contributed by atoms with E-state index in [0.717, 1.165) is 32.2 Å². The summed E-state index contributed by atoms with van der Waals surface area (Å²) in [4.78, 5) is 12.3. The Kier molecular flexibility index (Phi) is 4.28. The molecular weight excluding hydrogens is 253 g/mol. The maximum absolute atomic E-state index is 13.8. The normalized spacial score (nSPS) is 16.3. The van der Waals surface area contributed by atoms with Gasteiger partial charge in [0.1, 0.15) is 0 Å². The van der Waals surface area contributed by atoms with Crippen molar-refractivity contribution in [1.82, 2.24) is 10.2 Å². The molecule has 6 nitrogen and oxygen atoms in total. The second kappa shape index (κ2) is 5.94. The van der Waals surface area contributed by atoms with Gasteiger partial charge in [-0.3, -0.25) is 15.0 Å². The van der Waals surface area contributed by atoms with Crippen molar-refractivity contribution >= 4 is 5.69 Å². The lowest BCUT2D eigenvalue weighted by Gasteiger charge is -2.27. The zero-order chi connectivity index (χ0) is 13.8. The molecule has 0 aliphatic carbocycles. The van der Waals surface area contributed by atoms with Crippen LogP contribution in [-0.2, 0) is 6.54 Å². The summed E-state index contributed by atoms with van der Waals surface area (Å²) in [6, 6.07) is 2.27. The first kappa shape index (κ1) is 13.7. The van der Waals surface area contributed by atoms with E-state index in [2.05, 4.69) is 10.2 Å². The lowest BCUT2D eigenvalue weighted by molar-refractivity contribution is -0.385. The van der Waals surface area contributed by atoms with Gasteiger partial charge in [-0.15, -0.1) is 0 Å². The second-order valence-electron chi connectivity index (χ2n) is 4.40. The van der Waals surface area contributed by atoms with Crippen LogP contribution in [-0.4, -0.2) is 43.1 Å². The summed E-state index contributed by atoms with van der Waals surface area (Å²) in [6.07, 6.45) is 0. The quantitative estimate of drug-likeness (QED) is 0.656. The lowest BCUT2D eigenvalue weighted by Crippen LogP contribution is -2.42. The molecule has 1 saturated heterocycles. The lowest BCUT2D eigenvalue weighted by atomic mass is 10.1. The summed E-state index contributed by atoms with van der Waals surface area (Å²) >= 11 is 0. The molecule has 1 aromatic rings. The number of nitro benzene ring substituents is 1. The number of halogens is 1. The molecule has 104 valence electrons. The average molecular weight is 269 g/mol. The van der Waals surface area contributed by atoms with Gasteiger partial charge in [0, 0.05) is 44.4 Å². The van der Waals surface area contributed by atoms with Gasteiger partial charge >= 0.3 is 0 Å². The Bertz CT molecular complexity index is 476. The summed E-state index contributed by atoms with van der Waals surface area (Å²) in [6.45, 7) is 3.82. The number of nitro groups is 1. The van der Waals surface area contributed by atoms with Crippen LogP contribution in [0.3, 0.4) is 0 Å². The van der Waals surface area contributed by atoms with E-state index in [9.17, 15) is 14.5 Å². The van der Waals surface area contributed by atoms with Crippen molar-refractivity contribution < 1.29 is 14.1 Å². The number of benzene rings is 1. The molecule has 0 bridgehead atoms. The van der Waals surface area contributed by atoms with Gasteiger partial charge in [-0.25, -0.2) is 4.39 Å². The summed E-state index contributed by atoms with van der Waals surface area (Å²) in [5.41, 5.74) is 0.263. The number of hydrogen-bond donors (Lipinski definition) is 1. The van der Waals surface area contributed by atoms with Gasteiger partial charge in [0.25, 0.3) is 5.69 Å². The van der Waals surface area contributed by atoms with Gasteiger partial charge in [0.15, 0.2) is 11.6 Å². The van der Waals surface area contributed by atoms with Gasteiger partial charge < -0.3 is 10.1 Å². The van der Waals surface area contributed by atoms with Crippen molar-refractivity contribution in [2.45, 2.75) is 6.54 Å². The van der Waals surface area contributed by atoms with Crippen LogP contribution in [0.4, 0.5) is 10.1 Å². The molecule has 2 rings (SSSR count). The molecule has 0 unspecified atom stereocenters. The summed E-state index contributed by atoms with van der Waals surface area (Å²) in [5.74, 6) is -0.606. The van der Waals surface area contributed by atoms with Gasteiger partial charge in [-0.2, -0.15) is 0 Å². The van der Waals surface area contributed by atoms with E-state index < -0.39 is 10.7 Å². The van der Waals surface area contributed by atoms with Crippen LogP contribution in [0, 0.1) is 15.9 Å². The van der Waals surface area contributed by atoms with Gasteiger partial charge in [0.05, 0.1) is 18.1 Å². The third kappa shape index (κ3) is 3.18. The van der Waals surface area contributed by atoms with Crippen molar-refractivity contribution in [3.05, 3.63) is 33.6 Å². The number of piperazine rings is 1. The SMILES string of the molecule is COc1c(F)cc([N+](=O)[O-])cc1CN1CCNCC1. The van der Waals surface area contributed by atoms with E-state index in [1.807, 2.05) is 0 Å². The van der Waals surface area contributed by atoms with Crippen LogP contribution in [0.5, 0.6) is 5.75 Å². The summed E-state index contributed by atoms with van der Waals surface area (Å²) in [7, 11) is 1.37. The van der Waals surface area contributed by atoms with Crippen molar-refractivity contribution in [2.75, 3.05) is 33.3 Å². The standard InChI is InChI=1S/C12H16FN3O3/c1-19-12-9(8-15-4-2-14-3-5-15)6-10(16(17)18)7-11(12)13/h6-7,14H,2-5,8H2,1H3. The number of nitrogens with zero attached hydrogens (tertiary/aromatic N) is 2. The highest BCUT2D eigenvalue weighted by molar-refractivity contribution is 5.45. The second-order valence-corrected chi connectivity index (χ2v) is 4.40. The van der Waals surface area contributed by atoms with Crippen molar-refractivity contribution in [3.63, 3.8) is 0 Å². The first-order valence-corrected chi connectivity index (χ1v) is 6.05. The van der Waals surface area contributed by atoms with Crippen LogP contribution in [0.2, 0.25) is 0 Å². The fraction of sp³-hybridized carbons (Fsp3) is 0.500. The Balaban J connectivity index is 2.27. The summed E-state index contributed by atoms with van der Waals surface area (Å²) in [5, 5.41) is 14.0. The molecule has 0 atom stereocenters. The number of methoxy groups -OCH3 is 1. The molecule has 0 radical (unpaired) electrons. The number of ether oxygens (including phenoxy) is 1. The predicted octanol–water partition coefficient (Wildman–Crippen LogP) is 1.15. The fourth-order valence-electron chi connectivity index (χ4n) is 2.20. The zero-order valence-corrected chi connectivity index (χ0v) is 10.7. The van der Waals surface area contributed by atoms with Crippen molar-refractivity contribution in [3.8, 4) is 5.75 Å². The molecule has 19 heavy (non-hydrogen) atoms. The number of nitrogens with one attached hydrogen (secondary N) is 1. The molecule has 7 heteroatoms. The maximum atomic E-state index is 13.8. The minimum atomic E-state index is -0.693. The van der Waals surface area contributed by atoms with Crippen LogP contribution in [0.25, 0.3) is 0 Å². The van der Waals surface area contributed by atoms with E-state index in [0.29, 0.717) is 12.1 Å². The molecule has 0 amide bonds. The first-order chi connectivity index (χ1) is 9.11. The smallest absolute Gasteiger partial charge is 0.272 e. The van der Waals surface area contributed by atoms with E-state index in [1.54, 1.807) is 0 Å². The molecule has 1 heterocycles. The average Bonchev–Trinajstić information content (AvgIpc) is 2.39. The largest absolute Gasteiger partial charge is 0.493 e. The monoisotopic (exact) mass is 269 g/mol. The fourth-order valence-corrected chi connectivity index (χ4v) is 2.20. The zero-order valence-electron chi connectivity index (χ0n) is 10.7. The molecule has 1 fully saturated rings. The van der Waals surface area contributed by atoms with Crippen LogP contribution in [0.15, 0.2) is 12.1 Å². The van der Waals surface area contributed by atoms with Gasteiger partial charge in [-0.05, 0) is 0 Å². The molecule has 1 aliphatic heterocycles. The van der Waals surface area contributed by atoms with Gasteiger partial charge in [-0.1, -0.05) is 0 Å². The molecule has 0 aromatic heterocycles. The molecular formula is C12H16FN3O3. The van der Waals surface area contributed by atoms with E-state index >= 15 is 0 Å². The van der Waals surface area contributed by atoms with Crippen LogP contribution < -0.4 is 10.1 Å². The molecule has 1 N–H and O–H groups in total. The third-order valence-corrected chi connectivity index (χ3v) is 3.12. The highest BCUT2D eigenvalue weighted by Crippen LogP contribution is 2.29. The van der Waals surface area contributed by atoms with E-state index in [1.165, 1.54) is 13.2 Å².